The first kappa shape index (κ1) is 16.9. The molecular weight excluding hydrogens is 355 g/mol. The fourth-order valence-electron chi connectivity index (χ4n) is 4.37. The van der Waals surface area contributed by atoms with Crippen LogP contribution < -0.4 is 5.32 Å². The van der Waals surface area contributed by atoms with Gasteiger partial charge in [-0.1, -0.05) is 42.5 Å². The molecule has 0 fully saturated rings. The summed E-state index contributed by atoms with van der Waals surface area (Å²) in [4.78, 5) is 17.6. The molecule has 2 aromatic carbocycles. The van der Waals surface area contributed by atoms with E-state index in [-0.39, 0.29) is 29.5 Å². The van der Waals surface area contributed by atoms with Gasteiger partial charge in [-0.3, -0.25) is 4.79 Å². The van der Waals surface area contributed by atoms with Crippen molar-refractivity contribution in [2.45, 2.75) is 25.3 Å². The summed E-state index contributed by atoms with van der Waals surface area (Å²) in [6, 6.07) is 14.1. The smallest absolute Gasteiger partial charge is 0.226 e. The predicted molar refractivity (Wildman–Crippen MR) is 103 cm³/mol. The van der Waals surface area contributed by atoms with E-state index in [9.17, 15) is 9.18 Å². The second kappa shape index (κ2) is 6.41. The van der Waals surface area contributed by atoms with E-state index < -0.39 is 0 Å². The summed E-state index contributed by atoms with van der Waals surface area (Å²) in [5.41, 5.74) is 4.02. The van der Waals surface area contributed by atoms with Gasteiger partial charge in [0, 0.05) is 18.0 Å². The Bertz CT molecular complexity index is 1090. The number of hydrogen-bond acceptors (Lipinski definition) is 4. The Kier molecular flexibility index (Phi) is 3.86. The highest BCUT2D eigenvalue weighted by molar-refractivity contribution is 5.88. The fourth-order valence-corrected chi connectivity index (χ4v) is 4.37. The number of nitrogens with one attached hydrogen (secondary N) is 1. The number of fused-ring (bicyclic) bond motifs is 2. The van der Waals surface area contributed by atoms with E-state index in [0.29, 0.717) is 12.4 Å². The average molecular weight is 374 g/mol. The molecule has 5 rings (SSSR count). The first-order valence-corrected chi connectivity index (χ1v) is 9.34. The van der Waals surface area contributed by atoms with E-state index in [4.69, 9.17) is 0 Å². The topological polar surface area (TPSA) is 59.8 Å². The van der Waals surface area contributed by atoms with Crippen LogP contribution in [-0.4, -0.2) is 20.5 Å². The molecule has 2 aliphatic rings. The van der Waals surface area contributed by atoms with Gasteiger partial charge in [0.2, 0.25) is 5.95 Å². The van der Waals surface area contributed by atoms with Crippen molar-refractivity contribution in [3.63, 3.8) is 0 Å². The van der Waals surface area contributed by atoms with Crippen molar-refractivity contribution in [3.8, 4) is 0 Å². The third kappa shape index (κ3) is 2.64. The van der Waals surface area contributed by atoms with Crippen molar-refractivity contribution in [1.29, 1.82) is 0 Å². The molecule has 3 atom stereocenters. The van der Waals surface area contributed by atoms with Gasteiger partial charge < -0.3 is 5.32 Å². The number of rotatable bonds is 2. The van der Waals surface area contributed by atoms with Crippen LogP contribution in [0.2, 0.25) is 0 Å². The number of aromatic nitrogens is 3. The molecule has 0 radical (unpaired) electrons. The van der Waals surface area contributed by atoms with E-state index in [1.807, 2.05) is 12.1 Å². The molecule has 6 heteroatoms. The Hall–Kier alpha value is -3.28. The molecule has 0 saturated heterocycles. The van der Waals surface area contributed by atoms with E-state index >= 15 is 0 Å². The number of carbonyl (C=O) groups is 1. The van der Waals surface area contributed by atoms with Gasteiger partial charge in [-0.25, -0.2) is 9.07 Å². The number of anilines is 1. The molecule has 0 amide bonds. The lowest BCUT2D eigenvalue weighted by molar-refractivity contribution is -0.123. The van der Waals surface area contributed by atoms with Gasteiger partial charge in [0.15, 0.2) is 0 Å². The molecule has 1 aromatic heterocycles. The molecule has 5 nitrogen and oxygen atoms in total. The molecule has 1 aliphatic heterocycles. The zero-order chi connectivity index (χ0) is 19.3. The number of aryl methyl sites for hydroxylation is 1. The lowest BCUT2D eigenvalue weighted by Crippen LogP contribution is -2.40. The molecule has 1 aliphatic carbocycles. The molecule has 0 unspecified atom stereocenters. The van der Waals surface area contributed by atoms with E-state index in [2.05, 4.69) is 40.5 Å². The molecule has 0 saturated carbocycles. The minimum Gasteiger partial charge on any atom is -0.328 e. The van der Waals surface area contributed by atoms with Crippen LogP contribution in [-0.2, 0) is 4.79 Å². The van der Waals surface area contributed by atoms with E-state index in [1.165, 1.54) is 24.0 Å². The van der Waals surface area contributed by atoms with Crippen LogP contribution >= 0.6 is 0 Å². The van der Waals surface area contributed by atoms with Crippen molar-refractivity contribution in [2.24, 2.45) is 5.92 Å². The van der Waals surface area contributed by atoms with Crippen LogP contribution in [0.15, 0.2) is 66.6 Å². The second-order valence-corrected chi connectivity index (χ2v) is 7.38. The van der Waals surface area contributed by atoms with E-state index in [1.54, 1.807) is 16.8 Å². The van der Waals surface area contributed by atoms with Gasteiger partial charge >= 0.3 is 0 Å². The van der Waals surface area contributed by atoms with Crippen LogP contribution in [0.3, 0.4) is 0 Å². The highest BCUT2D eigenvalue weighted by Gasteiger charge is 2.43. The zero-order valence-electron chi connectivity index (χ0n) is 15.3. The Morgan fingerprint density at radius 2 is 1.93 bits per heavy atom. The molecule has 2 heterocycles. The van der Waals surface area contributed by atoms with Gasteiger partial charge in [0.1, 0.15) is 17.9 Å². The number of halogens is 1. The zero-order valence-corrected chi connectivity index (χ0v) is 15.3. The Morgan fingerprint density at radius 3 is 2.71 bits per heavy atom. The number of ketones is 1. The summed E-state index contributed by atoms with van der Waals surface area (Å²) in [6.45, 7) is 2.07. The van der Waals surface area contributed by atoms with Crippen LogP contribution in [0, 0.1) is 18.7 Å². The molecule has 0 bridgehead atoms. The van der Waals surface area contributed by atoms with Crippen molar-refractivity contribution in [1.82, 2.24) is 14.8 Å². The fraction of sp³-hybridized carbons (Fsp3) is 0.227. The Morgan fingerprint density at radius 1 is 1.14 bits per heavy atom. The summed E-state index contributed by atoms with van der Waals surface area (Å²) in [6.07, 6.45) is 4.05. The molecule has 3 aromatic rings. The van der Waals surface area contributed by atoms with Crippen LogP contribution in [0.4, 0.5) is 10.3 Å². The summed E-state index contributed by atoms with van der Waals surface area (Å²) >= 11 is 0. The van der Waals surface area contributed by atoms with Crippen LogP contribution in [0.5, 0.6) is 0 Å². The summed E-state index contributed by atoms with van der Waals surface area (Å²) < 4.78 is 15.2. The second-order valence-electron chi connectivity index (χ2n) is 7.38. The van der Waals surface area contributed by atoms with Crippen LogP contribution in [0.25, 0.3) is 0 Å². The third-order valence-electron chi connectivity index (χ3n) is 5.69. The number of carbonyl (C=O) groups excluding carboxylic acids is 1. The maximum atomic E-state index is 13.5. The third-order valence-corrected chi connectivity index (χ3v) is 5.69. The summed E-state index contributed by atoms with van der Waals surface area (Å²) in [7, 11) is 0. The normalized spacial score (nSPS) is 23.4. The molecule has 140 valence electrons. The number of nitrogens with zero attached hydrogens (tertiary/aromatic N) is 3. The van der Waals surface area contributed by atoms with Crippen LogP contribution in [0.1, 0.15) is 35.1 Å². The van der Waals surface area contributed by atoms with E-state index in [0.717, 1.165) is 16.8 Å². The minimum absolute atomic E-state index is 0.0239. The SMILES string of the molecule is Cc1ccccc1[C@@H]1C=C2Nc3ncnn3[C@@H](c3ccc(F)cc3)[C@@H]2C(=O)C1. The van der Waals surface area contributed by atoms with Crippen molar-refractivity contribution in [3.05, 3.63) is 89.1 Å². The van der Waals surface area contributed by atoms with Gasteiger partial charge in [0.05, 0.1) is 12.0 Å². The van der Waals surface area contributed by atoms with Gasteiger partial charge in [-0.15, -0.1) is 0 Å². The van der Waals surface area contributed by atoms with Crippen molar-refractivity contribution >= 4 is 11.7 Å². The quantitative estimate of drug-likeness (QED) is 0.737. The first-order chi connectivity index (χ1) is 13.6. The highest BCUT2D eigenvalue weighted by Crippen LogP contribution is 2.44. The maximum Gasteiger partial charge on any atom is 0.226 e. The molecule has 1 N–H and O–H groups in total. The monoisotopic (exact) mass is 374 g/mol. The maximum absolute atomic E-state index is 13.5. The predicted octanol–water partition coefficient (Wildman–Crippen LogP) is 4.00. The number of Topliss-reactive ketones (excluding diaryl/α,β-unsaturated/α-hetero) is 1. The Labute approximate surface area is 161 Å². The number of benzene rings is 2. The average Bonchev–Trinajstić information content (AvgIpc) is 3.15. The van der Waals surface area contributed by atoms with Crippen molar-refractivity contribution < 1.29 is 9.18 Å². The van der Waals surface area contributed by atoms with Gasteiger partial charge in [0.25, 0.3) is 0 Å². The Balaban J connectivity index is 1.62. The lowest BCUT2D eigenvalue weighted by Gasteiger charge is -2.38. The first-order valence-electron chi connectivity index (χ1n) is 9.34. The number of hydrogen-bond donors (Lipinski definition) is 1. The summed E-state index contributed by atoms with van der Waals surface area (Å²) in [5, 5.41) is 7.62. The van der Waals surface area contributed by atoms with Gasteiger partial charge in [-0.05, 0) is 35.7 Å². The standard InChI is InChI=1S/C22H19FN4O/c1-13-4-2-3-5-17(13)15-10-18-20(19(28)11-15)21(14-6-8-16(23)9-7-14)27-22(26-18)24-12-25-27/h2-10,12,15,20-21H,11H2,1H3,(H,24,25,26)/t15-,20+,21+/m1/s1. The lowest BCUT2D eigenvalue weighted by atomic mass is 9.75. The summed E-state index contributed by atoms with van der Waals surface area (Å²) in [5.74, 6) is 0.0707. The molecule has 0 spiro atoms. The molecule has 28 heavy (non-hydrogen) atoms. The highest BCUT2D eigenvalue weighted by atomic mass is 19.1. The largest absolute Gasteiger partial charge is 0.328 e. The number of allylic oxidation sites excluding steroid dienone is 2. The van der Waals surface area contributed by atoms with Crippen molar-refractivity contribution in [2.75, 3.05) is 5.32 Å². The minimum atomic E-state index is -0.389. The molecular formula is C22H19FN4O. The van der Waals surface area contributed by atoms with Gasteiger partial charge in [-0.2, -0.15) is 10.1 Å².